The maximum absolute atomic E-state index is 11.6. The molecule has 0 saturated heterocycles. The van der Waals surface area contributed by atoms with E-state index in [0.717, 1.165) is 0 Å². The van der Waals surface area contributed by atoms with Crippen LogP contribution in [0.3, 0.4) is 0 Å². The molecule has 0 atom stereocenters. The van der Waals surface area contributed by atoms with Gasteiger partial charge in [0.1, 0.15) is 5.78 Å². The van der Waals surface area contributed by atoms with Crippen molar-refractivity contribution < 1.29 is 14.4 Å². The average molecular weight is 267 g/mol. The predicted molar refractivity (Wildman–Crippen MR) is 75.8 cm³/mol. The van der Waals surface area contributed by atoms with Crippen molar-refractivity contribution in [2.24, 2.45) is 5.41 Å². The Hall–Kier alpha value is -1.45. The number of hydrogen-bond acceptors (Lipinski definition) is 3. The maximum Gasteiger partial charge on any atom is 0.220 e. The highest BCUT2D eigenvalue weighted by Gasteiger charge is 2.20. The van der Waals surface area contributed by atoms with Gasteiger partial charge in [0.25, 0.3) is 0 Å². The largest absolute Gasteiger partial charge is 0.356 e. The number of allylic oxidation sites excluding steroid dienone is 2. The van der Waals surface area contributed by atoms with E-state index in [2.05, 4.69) is 5.32 Å². The van der Waals surface area contributed by atoms with Gasteiger partial charge in [0.15, 0.2) is 5.78 Å². The van der Waals surface area contributed by atoms with Gasteiger partial charge < -0.3 is 5.32 Å². The Labute approximate surface area is 115 Å². The summed E-state index contributed by atoms with van der Waals surface area (Å²) >= 11 is 0. The van der Waals surface area contributed by atoms with Gasteiger partial charge >= 0.3 is 0 Å². The van der Waals surface area contributed by atoms with E-state index in [-0.39, 0.29) is 35.7 Å². The number of carbonyl (C=O) groups excluding carboxylic acids is 3. The smallest absolute Gasteiger partial charge is 0.220 e. The van der Waals surface area contributed by atoms with Crippen LogP contribution in [-0.2, 0) is 14.4 Å². The van der Waals surface area contributed by atoms with Crippen molar-refractivity contribution >= 4 is 17.5 Å². The van der Waals surface area contributed by atoms with E-state index in [1.54, 1.807) is 13.0 Å². The Kier molecular flexibility index (Phi) is 7.96. The molecule has 0 aromatic heterocycles. The van der Waals surface area contributed by atoms with E-state index >= 15 is 0 Å². The van der Waals surface area contributed by atoms with Gasteiger partial charge in [-0.25, -0.2) is 0 Å². The van der Waals surface area contributed by atoms with E-state index in [1.807, 2.05) is 20.8 Å². The zero-order valence-electron chi connectivity index (χ0n) is 12.4. The summed E-state index contributed by atoms with van der Waals surface area (Å²) in [5.41, 5.74) is -0.317. The second kappa shape index (κ2) is 8.62. The van der Waals surface area contributed by atoms with Crippen molar-refractivity contribution in [1.82, 2.24) is 5.32 Å². The molecule has 4 nitrogen and oxygen atoms in total. The van der Waals surface area contributed by atoms with E-state index in [1.165, 1.54) is 6.08 Å². The molecular formula is C15H25NO3. The highest BCUT2D eigenvalue weighted by Crippen LogP contribution is 2.17. The molecule has 108 valence electrons. The molecule has 1 N–H and O–H groups in total. The Balaban J connectivity index is 3.70. The summed E-state index contributed by atoms with van der Waals surface area (Å²) in [4.78, 5) is 34.2. The monoisotopic (exact) mass is 267 g/mol. The number of nitrogens with one attached hydrogen (secondary N) is 1. The Morgan fingerprint density at radius 1 is 1.05 bits per heavy atom. The molecule has 0 heterocycles. The molecule has 0 rings (SSSR count). The van der Waals surface area contributed by atoms with Crippen LogP contribution in [0, 0.1) is 5.41 Å². The lowest BCUT2D eigenvalue weighted by molar-refractivity contribution is -0.126. The third-order valence-corrected chi connectivity index (χ3v) is 2.69. The molecule has 0 aromatic rings. The van der Waals surface area contributed by atoms with E-state index < -0.39 is 0 Å². The minimum Gasteiger partial charge on any atom is -0.356 e. The summed E-state index contributed by atoms with van der Waals surface area (Å²) in [5.74, 6) is 0.0200. The zero-order valence-corrected chi connectivity index (χ0v) is 12.4. The van der Waals surface area contributed by atoms with Crippen molar-refractivity contribution in [3.63, 3.8) is 0 Å². The quantitative estimate of drug-likeness (QED) is 0.542. The van der Waals surface area contributed by atoms with Gasteiger partial charge in [-0.1, -0.05) is 26.8 Å². The molecule has 0 unspecified atom stereocenters. The van der Waals surface area contributed by atoms with Crippen LogP contribution in [0.4, 0.5) is 0 Å². The fourth-order valence-electron chi connectivity index (χ4n) is 1.45. The first-order valence-corrected chi connectivity index (χ1v) is 6.73. The molecule has 19 heavy (non-hydrogen) atoms. The van der Waals surface area contributed by atoms with Crippen molar-refractivity contribution in [3.8, 4) is 0 Å². The third-order valence-electron chi connectivity index (χ3n) is 2.69. The van der Waals surface area contributed by atoms with Gasteiger partial charge in [-0.05, 0) is 19.4 Å². The van der Waals surface area contributed by atoms with Crippen molar-refractivity contribution in [2.45, 2.75) is 53.4 Å². The highest BCUT2D eigenvalue weighted by molar-refractivity contribution is 5.92. The van der Waals surface area contributed by atoms with Gasteiger partial charge in [-0.3, -0.25) is 14.4 Å². The molecule has 0 radical (unpaired) electrons. The van der Waals surface area contributed by atoms with Crippen LogP contribution < -0.4 is 5.32 Å². The lowest BCUT2D eigenvalue weighted by Crippen LogP contribution is -2.26. The number of carbonyl (C=O) groups is 3. The standard InChI is InChI=1S/C15H25NO3/c1-5-7-12(17)9-10-14(19)16-11-6-8-13(18)15(2,3)4/h5,7H,6,8-11H2,1-4H3,(H,16,19)/b7-5+. The highest BCUT2D eigenvalue weighted by atomic mass is 16.2. The number of amides is 1. The van der Waals surface area contributed by atoms with Crippen LogP contribution in [0.15, 0.2) is 12.2 Å². The number of rotatable bonds is 8. The summed E-state index contributed by atoms with van der Waals surface area (Å²) in [5, 5.41) is 2.72. The topological polar surface area (TPSA) is 63.2 Å². The second-order valence-corrected chi connectivity index (χ2v) is 5.59. The normalized spacial score (nSPS) is 11.6. The first kappa shape index (κ1) is 17.6. The van der Waals surface area contributed by atoms with Gasteiger partial charge in [-0.15, -0.1) is 0 Å². The van der Waals surface area contributed by atoms with Crippen molar-refractivity contribution in [1.29, 1.82) is 0 Å². The lowest BCUT2D eigenvalue weighted by atomic mass is 9.88. The SMILES string of the molecule is C/C=C/C(=O)CCC(=O)NCCCC(=O)C(C)(C)C. The summed E-state index contributed by atoms with van der Waals surface area (Å²) < 4.78 is 0. The molecule has 0 aliphatic rings. The number of hydrogen-bond donors (Lipinski definition) is 1. The van der Waals surface area contributed by atoms with E-state index in [0.29, 0.717) is 19.4 Å². The lowest BCUT2D eigenvalue weighted by Gasteiger charge is -2.16. The predicted octanol–water partition coefficient (Wildman–Crippen LogP) is 2.42. The third kappa shape index (κ3) is 9.17. The molecule has 0 fully saturated rings. The van der Waals surface area contributed by atoms with E-state index in [9.17, 15) is 14.4 Å². The summed E-state index contributed by atoms with van der Waals surface area (Å²) in [6, 6.07) is 0. The number of Topliss-reactive ketones (excluding diaryl/α,β-unsaturated/α-hetero) is 1. The molecule has 0 aliphatic heterocycles. The van der Waals surface area contributed by atoms with Crippen molar-refractivity contribution in [3.05, 3.63) is 12.2 Å². The van der Waals surface area contributed by atoms with Crippen LogP contribution in [0.25, 0.3) is 0 Å². The van der Waals surface area contributed by atoms with Crippen LogP contribution in [-0.4, -0.2) is 24.0 Å². The van der Waals surface area contributed by atoms with Gasteiger partial charge in [0.05, 0.1) is 0 Å². The second-order valence-electron chi connectivity index (χ2n) is 5.59. The fourth-order valence-corrected chi connectivity index (χ4v) is 1.45. The summed E-state index contributed by atoms with van der Waals surface area (Å²) in [6.45, 7) is 7.92. The van der Waals surface area contributed by atoms with Crippen LogP contribution >= 0.6 is 0 Å². The molecule has 0 saturated carbocycles. The van der Waals surface area contributed by atoms with Crippen LogP contribution in [0.5, 0.6) is 0 Å². The van der Waals surface area contributed by atoms with Crippen LogP contribution in [0.2, 0.25) is 0 Å². The van der Waals surface area contributed by atoms with Gasteiger partial charge in [0.2, 0.25) is 5.91 Å². The molecule has 0 aliphatic carbocycles. The summed E-state index contributed by atoms with van der Waals surface area (Å²) in [6.07, 6.45) is 4.69. The Morgan fingerprint density at radius 2 is 1.68 bits per heavy atom. The van der Waals surface area contributed by atoms with Gasteiger partial charge in [0, 0.05) is 31.2 Å². The molecule has 0 aromatic carbocycles. The molecule has 0 bridgehead atoms. The maximum atomic E-state index is 11.6. The molecule has 4 heteroatoms. The average Bonchev–Trinajstić information content (AvgIpc) is 2.31. The molecular weight excluding hydrogens is 242 g/mol. The molecule has 1 amide bonds. The number of ketones is 2. The van der Waals surface area contributed by atoms with Crippen molar-refractivity contribution in [2.75, 3.05) is 6.54 Å². The minimum absolute atomic E-state index is 0.0411. The summed E-state index contributed by atoms with van der Waals surface area (Å²) in [7, 11) is 0. The Morgan fingerprint density at radius 3 is 2.21 bits per heavy atom. The first-order valence-electron chi connectivity index (χ1n) is 6.73. The fraction of sp³-hybridized carbons (Fsp3) is 0.667. The minimum atomic E-state index is -0.317. The van der Waals surface area contributed by atoms with Gasteiger partial charge in [-0.2, -0.15) is 0 Å². The Bertz CT molecular complexity index is 351. The first-order chi connectivity index (χ1) is 8.77. The molecule has 0 spiro atoms. The van der Waals surface area contributed by atoms with E-state index in [4.69, 9.17) is 0 Å². The van der Waals surface area contributed by atoms with Crippen LogP contribution in [0.1, 0.15) is 53.4 Å². The zero-order chi connectivity index (χ0) is 14.9.